The largest absolute Gasteiger partial charge is 0.467 e. The smallest absolute Gasteiger partial charge is 0.254 e. The number of amides is 1. The average Bonchev–Trinajstić information content (AvgIpc) is 3.45. The lowest BCUT2D eigenvalue weighted by Crippen LogP contribution is -2.29. The molecule has 0 aliphatic heterocycles. The van der Waals surface area contributed by atoms with Crippen molar-refractivity contribution in [2.24, 2.45) is 0 Å². The first-order valence-corrected chi connectivity index (χ1v) is 9.34. The molecular weight excluding hydrogens is 366 g/mol. The number of benzene rings is 2. The van der Waals surface area contributed by atoms with Crippen LogP contribution in [-0.4, -0.2) is 28.1 Å². The lowest BCUT2D eigenvalue weighted by atomic mass is 10.1. The first kappa shape index (κ1) is 18.7. The van der Waals surface area contributed by atoms with Crippen LogP contribution < -0.4 is 0 Å². The van der Waals surface area contributed by atoms with Crippen LogP contribution in [0.15, 0.2) is 75.8 Å². The van der Waals surface area contributed by atoms with Gasteiger partial charge in [0.2, 0.25) is 11.8 Å². The third kappa shape index (κ3) is 3.82. The van der Waals surface area contributed by atoms with Crippen molar-refractivity contribution in [1.29, 1.82) is 0 Å². The van der Waals surface area contributed by atoms with Gasteiger partial charge < -0.3 is 13.7 Å². The Morgan fingerprint density at radius 1 is 0.931 bits per heavy atom. The standard InChI is InChI=1S/C23H21N3O3/c1-15-6-8-17(9-7-15)21-24-25-22(29-21)18-10-12-19(13-11-18)23(27)26(3)16(2)20-5-4-14-28-20/h4-14,16H,1-3H3. The van der Waals surface area contributed by atoms with Gasteiger partial charge in [-0.25, -0.2) is 0 Å². The zero-order valence-electron chi connectivity index (χ0n) is 16.5. The van der Waals surface area contributed by atoms with E-state index in [-0.39, 0.29) is 11.9 Å². The van der Waals surface area contributed by atoms with Crippen LogP contribution in [0.3, 0.4) is 0 Å². The number of nitrogens with zero attached hydrogens (tertiary/aromatic N) is 3. The molecule has 0 fully saturated rings. The fourth-order valence-corrected chi connectivity index (χ4v) is 3.01. The normalized spacial score (nSPS) is 12.0. The minimum atomic E-state index is -0.162. The summed E-state index contributed by atoms with van der Waals surface area (Å²) in [5, 5.41) is 8.26. The Bertz CT molecular complexity index is 1100. The second kappa shape index (κ2) is 7.75. The quantitative estimate of drug-likeness (QED) is 0.474. The molecule has 0 N–H and O–H groups in total. The van der Waals surface area contributed by atoms with Gasteiger partial charge in [0, 0.05) is 23.7 Å². The van der Waals surface area contributed by atoms with E-state index in [2.05, 4.69) is 10.2 Å². The number of carbonyl (C=O) groups excluding carboxylic acids is 1. The van der Waals surface area contributed by atoms with Gasteiger partial charge in [-0.15, -0.1) is 10.2 Å². The van der Waals surface area contributed by atoms with Gasteiger partial charge in [-0.2, -0.15) is 0 Å². The molecule has 2 aromatic carbocycles. The first-order chi connectivity index (χ1) is 14.0. The van der Waals surface area contributed by atoms with Gasteiger partial charge in [-0.1, -0.05) is 17.7 Å². The van der Waals surface area contributed by atoms with Crippen molar-refractivity contribution in [3.05, 3.63) is 83.8 Å². The summed E-state index contributed by atoms with van der Waals surface area (Å²) >= 11 is 0. The molecule has 0 radical (unpaired) electrons. The molecule has 2 aromatic heterocycles. The van der Waals surface area contributed by atoms with Crippen LogP contribution in [0.5, 0.6) is 0 Å². The molecule has 0 saturated heterocycles. The van der Waals surface area contributed by atoms with Crippen molar-refractivity contribution in [3.8, 4) is 22.9 Å². The number of rotatable bonds is 5. The maximum absolute atomic E-state index is 12.8. The van der Waals surface area contributed by atoms with Gasteiger partial charge in [-0.3, -0.25) is 4.79 Å². The Morgan fingerprint density at radius 3 is 2.07 bits per heavy atom. The SMILES string of the molecule is Cc1ccc(-c2nnc(-c3ccc(C(=O)N(C)C(C)c4ccco4)cc3)o2)cc1. The van der Waals surface area contributed by atoms with Crippen LogP contribution in [0, 0.1) is 6.92 Å². The fraction of sp³-hybridized carbons (Fsp3) is 0.174. The van der Waals surface area contributed by atoms with E-state index < -0.39 is 0 Å². The van der Waals surface area contributed by atoms with Gasteiger partial charge in [-0.05, 0) is 62.4 Å². The third-order valence-corrected chi connectivity index (χ3v) is 4.96. The number of furan rings is 1. The van der Waals surface area contributed by atoms with Gasteiger partial charge in [0.1, 0.15) is 5.76 Å². The van der Waals surface area contributed by atoms with E-state index in [1.54, 1.807) is 30.3 Å². The molecule has 4 aromatic rings. The second-order valence-electron chi connectivity index (χ2n) is 6.96. The fourth-order valence-electron chi connectivity index (χ4n) is 3.01. The highest BCUT2D eigenvalue weighted by Gasteiger charge is 2.21. The monoisotopic (exact) mass is 387 g/mol. The average molecular weight is 387 g/mol. The Morgan fingerprint density at radius 2 is 1.52 bits per heavy atom. The van der Waals surface area contributed by atoms with E-state index >= 15 is 0 Å². The Balaban J connectivity index is 1.51. The Kier molecular flexibility index (Phi) is 4.99. The van der Waals surface area contributed by atoms with Crippen LogP contribution in [0.2, 0.25) is 0 Å². The summed E-state index contributed by atoms with van der Waals surface area (Å²) < 4.78 is 11.2. The number of aromatic nitrogens is 2. The lowest BCUT2D eigenvalue weighted by Gasteiger charge is -2.23. The van der Waals surface area contributed by atoms with Gasteiger partial charge in [0.05, 0.1) is 12.3 Å². The third-order valence-electron chi connectivity index (χ3n) is 4.96. The van der Waals surface area contributed by atoms with Crippen LogP contribution in [-0.2, 0) is 0 Å². The van der Waals surface area contributed by atoms with Crippen molar-refractivity contribution in [3.63, 3.8) is 0 Å². The molecule has 1 unspecified atom stereocenters. The number of hydrogen-bond acceptors (Lipinski definition) is 5. The second-order valence-corrected chi connectivity index (χ2v) is 6.96. The van der Waals surface area contributed by atoms with E-state index in [9.17, 15) is 4.79 Å². The van der Waals surface area contributed by atoms with Gasteiger partial charge >= 0.3 is 0 Å². The van der Waals surface area contributed by atoms with Crippen LogP contribution >= 0.6 is 0 Å². The van der Waals surface area contributed by atoms with E-state index in [4.69, 9.17) is 8.83 Å². The summed E-state index contributed by atoms with van der Waals surface area (Å²) in [7, 11) is 1.76. The topological polar surface area (TPSA) is 72.4 Å². The maximum atomic E-state index is 12.8. The summed E-state index contributed by atoms with van der Waals surface area (Å²) in [4.78, 5) is 14.4. The van der Waals surface area contributed by atoms with Crippen molar-refractivity contribution in [1.82, 2.24) is 15.1 Å². The number of hydrogen-bond donors (Lipinski definition) is 0. The Labute approximate surface area is 168 Å². The molecule has 2 heterocycles. The summed E-state index contributed by atoms with van der Waals surface area (Å²) in [6.07, 6.45) is 1.61. The highest BCUT2D eigenvalue weighted by Crippen LogP contribution is 2.25. The number of aryl methyl sites for hydroxylation is 1. The minimum absolute atomic E-state index is 0.0914. The molecule has 4 rings (SSSR count). The van der Waals surface area contributed by atoms with Crippen LogP contribution in [0.25, 0.3) is 22.9 Å². The summed E-state index contributed by atoms with van der Waals surface area (Å²) in [5.74, 6) is 1.53. The molecular formula is C23H21N3O3. The lowest BCUT2D eigenvalue weighted by molar-refractivity contribution is 0.0726. The summed E-state index contributed by atoms with van der Waals surface area (Å²) in [6, 6.07) is 18.6. The molecule has 1 amide bonds. The molecule has 0 aliphatic carbocycles. The van der Waals surface area contributed by atoms with Crippen LogP contribution in [0.1, 0.15) is 34.6 Å². The Hall–Kier alpha value is -3.67. The molecule has 0 aliphatic rings. The van der Waals surface area contributed by atoms with Crippen molar-refractivity contribution in [2.45, 2.75) is 19.9 Å². The predicted molar refractivity (Wildman–Crippen MR) is 109 cm³/mol. The van der Waals surface area contributed by atoms with Gasteiger partial charge in [0.15, 0.2) is 0 Å². The maximum Gasteiger partial charge on any atom is 0.254 e. The van der Waals surface area contributed by atoms with Crippen molar-refractivity contribution >= 4 is 5.91 Å². The highest BCUT2D eigenvalue weighted by atomic mass is 16.4. The molecule has 0 bridgehead atoms. The predicted octanol–water partition coefficient (Wildman–Crippen LogP) is 5.14. The van der Waals surface area contributed by atoms with Crippen molar-refractivity contribution < 1.29 is 13.6 Å². The highest BCUT2D eigenvalue weighted by molar-refractivity contribution is 5.94. The van der Waals surface area contributed by atoms with E-state index in [0.717, 1.165) is 16.9 Å². The molecule has 6 nitrogen and oxygen atoms in total. The van der Waals surface area contributed by atoms with E-state index in [1.807, 2.05) is 62.4 Å². The summed E-state index contributed by atoms with van der Waals surface area (Å²) in [6.45, 7) is 3.95. The van der Waals surface area contributed by atoms with Gasteiger partial charge in [0.25, 0.3) is 5.91 Å². The summed E-state index contributed by atoms with van der Waals surface area (Å²) in [5.41, 5.74) is 3.37. The molecule has 0 spiro atoms. The molecule has 29 heavy (non-hydrogen) atoms. The van der Waals surface area contributed by atoms with E-state index in [0.29, 0.717) is 17.3 Å². The van der Waals surface area contributed by atoms with Crippen molar-refractivity contribution in [2.75, 3.05) is 7.05 Å². The molecule has 0 saturated carbocycles. The number of carbonyl (C=O) groups is 1. The molecule has 146 valence electrons. The van der Waals surface area contributed by atoms with E-state index in [1.165, 1.54) is 5.56 Å². The molecule has 6 heteroatoms. The first-order valence-electron chi connectivity index (χ1n) is 9.34. The zero-order valence-corrected chi connectivity index (χ0v) is 16.5. The zero-order chi connectivity index (χ0) is 20.4. The minimum Gasteiger partial charge on any atom is -0.467 e. The molecule has 1 atom stereocenters. The van der Waals surface area contributed by atoms with Crippen LogP contribution in [0.4, 0.5) is 0 Å².